The van der Waals surface area contributed by atoms with Crippen LogP contribution in [0.25, 0.3) is 21.5 Å². The van der Waals surface area contributed by atoms with Crippen LogP contribution in [0.2, 0.25) is 0 Å². The molecule has 3 aromatic carbocycles. The highest BCUT2D eigenvalue weighted by atomic mass is 14.4. The van der Waals surface area contributed by atoms with Gasteiger partial charge in [0, 0.05) is 0 Å². The van der Waals surface area contributed by atoms with Gasteiger partial charge in [-0.2, -0.15) is 0 Å². The van der Waals surface area contributed by atoms with Crippen molar-refractivity contribution in [3.05, 3.63) is 58.1 Å². The predicted octanol–water partition coefficient (Wildman–Crippen LogP) is 9.81. The van der Waals surface area contributed by atoms with Crippen molar-refractivity contribution in [2.75, 3.05) is 0 Å². The first kappa shape index (κ1) is 22.9. The van der Waals surface area contributed by atoms with Crippen molar-refractivity contribution in [1.29, 1.82) is 0 Å². The van der Waals surface area contributed by atoms with Crippen molar-refractivity contribution in [2.45, 2.75) is 122 Å². The zero-order chi connectivity index (χ0) is 24.1. The van der Waals surface area contributed by atoms with E-state index in [0.717, 1.165) is 0 Å². The Bertz CT molecular complexity index is 1180. The van der Waals surface area contributed by atoms with Crippen LogP contribution in [0, 0.1) is 0 Å². The van der Waals surface area contributed by atoms with E-state index in [0.29, 0.717) is 5.92 Å². The molecule has 0 heterocycles. The molecule has 33 heavy (non-hydrogen) atoms. The molecular formula is C33H44. The average Bonchev–Trinajstić information content (AvgIpc) is 2.71. The first-order chi connectivity index (χ1) is 15.1. The van der Waals surface area contributed by atoms with Crippen molar-refractivity contribution in [3.8, 4) is 0 Å². The number of benzene rings is 3. The van der Waals surface area contributed by atoms with Gasteiger partial charge in [-0.3, -0.25) is 0 Å². The molecule has 0 atom stereocenters. The SMILES string of the molecule is CC(C)c1c2cc3c(cc2cc2cc4c(cc12)C(C)(C)CCC4(C)C)C(C)(C)CCC3(C)C. The molecule has 0 nitrogen and oxygen atoms in total. The third kappa shape index (κ3) is 3.38. The molecule has 0 bridgehead atoms. The van der Waals surface area contributed by atoms with Gasteiger partial charge in [-0.15, -0.1) is 0 Å². The number of fused-ring (bicyclic) bond motifs is 4. The maximum absolute atomic E-state index is 2.59. The second-order valence-corrected chi connectivity index (χ2v) is 14.2. The Morgan fingerprint density at radius 3 is 1.09 bits per heavy atom. The summed E-state index contributed by atoms with van der Waals surface area (Å²) < 4.78 is 0. The molecule has 5 rings (SSSR count). The molecule has 0 aromatic heterocycles. The largest absolute Gasteiger partial charge is 0.0586 e. The minimum absolute atomic E-state index is 0.240. The van der Waals surface area contributed by atoms with Crippen LogP contribution in [-0.2, 0) is 21.7 Å². The molecule has 0 radical (unpaired) electrons. The monoisotopic (exact) mass is 440 g/mol. The minimum Gasteiger partial charge on any atom is -0.0586 e. The van der Waals surface area contributed by atoms with E-state index in [1.54, 1.807) is 27.8 Å². The lowest BCUT2D eigenvalue weighted by molar-refractivity contribution is 0.332. The lowest BCUT2D eigenvalue weighted by Crippen LogP contribution is -2.34. The van der Waals surface area contributed by atoms with E-state index >= 15 is 0 Å². The minimum atomic E-state index is 0.240. The highest BCUT2D eigenvalue weighted by Crippen LogP contribution is 2.51. The van der Waals surface area contributed by atoms with Gasteiger partial charge in [0.2, 0.25) is 0 Å². The molecule has 0 amide bonds. The topological polar surface area (TPSA) is 0 Å². The van der Waals surface area contributed by atoms with Crippen molar-refractivity contribution in [2.24, 2.45) is 0 Å². The lowest BCUT2D eigenvalue weighted by Gasteiger charge is -2.43. The molecule has 0 unspecified atom stereocenters. The maximum Gasteiger partial charge on any atom is -0.0100 e. The summed E-state index contributed by atoms with van der Waals surface area (Å²) in [6, 6.07) is 12.8. The fourth-order valence-corrected chi connectivity index (χ4v) is 6.90. The van der Waals surface area contributed by atoms with Crippen molar-refractivity contribution in [1.82, 2.24) is 0 Å². The maximum atomic E-state index is 2.59. The van der Waals surface area contributed by atoms with Crippen LogP contribution >= 0.6 is 0 Å². The first-order valence-corrected chi connectivity index (χ1v) is 13.2. The van der Waals surface area contributed by atoms with Crippen LogP contribution < -0.4 is 0 Å². The van der Waals surface area contributed by atoms with E-state index in [2.05, 4.69) is 99.6 Å². The van der Waals surface area contributed by atoms with Gasteiger partial charge in [-0.05, 0) is 109 Å². The van der Waals surface area contributed by atoms with Gasteiger partial charge in [0.1, 0.15) is 0 Å². The number of hydrogen-bond donors (Lipinski definition) is 0. The molecular weight excluding hydrogens is 396 g/mol. The molecule has 0 saturated heterocycles. The van der Waals surface area contributed by atoms with Gasteiger partial charge >= 0.3 is 0 Å². The average molecular weight is 441 g/mol. The zero-order valence-corrected chi connectivity index (χ0v) is 22.8. The Kier molecular flexibility index (Phi) is 4.77. The molecule has 3 aromatic rings. The van der Waals surface area contributed by atoms with Gasteiger partial charge in [-0.1, -0.05) is 93.5 Å². The quantitative estimate of drug-likeness (QED) is 0.330. The zero-order valence-electron chi connectivity index (χ0n) is 22.8. The third-order valence-corrected chi connectivity index (χ3v) is 9.51. The summed E-state index contributed by atoms with van der Waals surface area (Å²) in [5, 5.41) is 5.83. The molecule has 2 aliphatic carbocycles. The Morgan fingerprint density at radius 1 is 0.485 bits per heavy atom. The van der Waals surface area contributed by atoms with Crippen LogP contribution in [0.5, 0.6) is 0 Å². The summed E-state index contributed by atoms with van der Waals surface area (Å²) in [7, 11) is 0. The van der Waals surface area contributed by atoms with Crippen LogP contribution in [0.3, 0.4) is 0 Å². The van der Waals surface area contributed by atoms with Gasteiger partial charge < -0.3 is 0 Å². The van der Waals surface area contributed by atoms with Crippen LogP contribution in [-0.4, -0.2) is 0 Å². The Hall–Kier alpha value is -1.82. The lowest BCUT2D eigenvalue weighted by atomic mass is 9.62. The molecule has 0 aliphatic heterocycles. The highest BCUT2D eigenvalue weighted by Gasteiger charge is 2.39. The van der Waals surface area contributed by atoms with Crippen molar-refractivity contribution in [3.63, 3.8) is 0 Å². The van der Waals surface area contributed by atoms with E-state index in [1.165, 1.54) is 47.2 Å². The van der Waals surface area contributed by atoms with E-state index in [9.17, 15) is 0 Å². The summed E-state index contributed by atoms with van der Waals surface area (Å²) in [5.74, 6) is 0.492. The first-order valence-electron chi connectivity index (χ1n) is 13.2. The van der Waals surface area contributed by atoms with E-state index in [-0.39, 0.29) is 21.7 Å². The Morgan fingerprint density at radius 2 is 0.788 bits per heavy atom. The predicted molar refractivity (Wildman–Crippen MR) is 146 cm³/mol. The van der Waals surface area contributed by atoms with Crippen LogP contribution in [0.1, 0.15) is 129 Å². The molecule has 0 heteroatoms. The van der Waals surface area contributed by atoms with Crippen molar-refractivity contribution >= 4 is 21.5 Å². The fraction of sp³-hybridized carbons (Fsp3) is 0.576. The highest BCUT2D eigenvalue weighted by molar-refractivity contribution is 6.04. The molecule has 0 saturated carbocycles. The van der Waals surface area contributed by atoms with Gasteiger partial charge in [0.05, 0.1) is 0 Å². The molecule has 176 valence electrons. The summed E-state index contributed by atoms with van der Waals surface area (Å²) in [4.78, 5) is 0. The number of hydrogen-bond acceptors (Lipinski definition) is 0. The van der Waals surface area contributed by atoms with Gasteiger partial charge in [-0.25, -0.2) is 0 Å². The summed E-state index contributed by atoms with van der Waals surface area (Å²) in [6.45, 7) is 24.3. The summed E-state index contributed by atoms with van der Waals surface area (Å²) >= 11 is 0. The molecule has 0 N–H and O–H groups in total. The van der Waals surface area contributed by atoms with E-state index < -0.39 is 0 Å². The van der Waals surface area contributed by atoms with Crippen molar-refractivity contribution < 1.29 is 0 Å². The Labute approximate surface area is 202 Å². The second-order valence-electron chi connectivity index (χ2n) is 14.2. The van der Waals surface area contributed by atoms with Crippen LogP contribution in [0.4, 0.5) is 0 Å². The summed E-state index contributed by atoms with van der Waals surface area (Å²) in [5.41, 5.74) is 8.81. The molecule has 0 fully saturated rings. The Balaban J connectivity index is 1.92. The normalized spacial score (nSPS) is 22.4. The van der Waals surface area contributed by atoms with E-state index in [1.807, 2.05) is 0 Å². The standard InChI is InChI=1S/C33H44/c1-20(2)29-23-18-27-25(30(3,4)11-13-32(27,7)8)16-21(23)15-22-17-26-28(19-24(22)29)33(9,10)14-12-31(26,5)6/h15-20H,11-14H2,1-10H3. The third-order valence-electron chi connectivity index (χ3n) is 9.51. The fourth-order valence-electron chi connectivity index (χ4n) is 6.90. The van der Waals surface area contributed by atoms with Crippen LogP contribution in [0.15, 0.2) is 30.3 Å². The molecule has 0 spiro atoms. The molecule has 2 aliphatic rings. The van der Waals surface area contributed by atoms with Gasteiger partial charge in [0.15, 0.2) is 0 Å². The second kappa shape index (κ2) is 6.87. The van der Waals surface area contributed by atoms with E-state index in [4.69, 9.17) is 0 Å². The summed E-state index contributed by atoms with van der Waals surface area (Å²) in [6.07, 6.45) is 5.06. The smallest absolute Gasteiger partial charge is 0.0100 e. The number of rotatable bonds is 1. The van der Waals surface area contributed by atoms with Gasteiger partial charge in [0.25, 0.3) is 0 Å².